The number of nitrogens with one attached hydrogen (secondary N) is 1. The van der Waals surface area contributed by atoms with E-state index in [9.17, 15) is 0 Å². The Hall–Kier alpha value is -0.460. The number of rotatable bonds is 6. The molecule has 0 aromatic rings. The summed E-state index contributed by atoms with van der Waals surface area (Å²) in [6, 6.07) is 0.686. The Bertz CT molecular complexity index is 97.0. The van der Waals surface area contributed by atoms with Gasteiger partial charge in [0, 0.05) is 6.04 Å². The van der Waals surface area contributed by atoms with Crippen molar-refractivity contribution in [1.82, 2.24) is 5.32 Å². The Morgan fingerprint density at radius 2 is 2.09 bits per heavy atom. The maximum absolute atomic E-state index is 3.37. The van der Waals surface area contributed by atoms with Crippen LogP contribution in [-0.4, -0.2) is 6.04 Å². The second kappa shape index (κ2) is 7.64. The number of hydrogen-bond donors (Lipinski definition) is 1. The third kappa shape index (κ3) is 5.96. The van der Waals surface area contributed by atoms with Gasteiger partial charge in [-0.2, -0.15) is 0 Å². The average molecular weight is 155 g/mol. The molecule has 1 N–H and O–H groups in total. The van der Waals surface area contributed by atoms with Crippen LogP contribution in [0, 0.1) is 0 Å². The predicted octanol–water partition coefficient (Wildman–Crippen LogP) is 3.08. The van der Waals surface area contributed by atoms with E-state index in [4.69, 9.17) is 0 Å². The minimum atomic E-state index is 0.686. The molecule has 66 valence electrons. The zero-order valence-electron chi connectivity index (χ0n) is 8.06. The number of allylic oxidation sites excluding steroid dienone is 1. The third-order valence-corrected chi connectivity index (χ3v) is 1.90. The van der Waals surface area contributed by atoms with E-state index < -0.39 is 0 Å². The highest BCUT2D eigenvalue weighted by atomic mass is 14.9. The van der Waals surface area contributed by atoms with Crippen LogP contribution in [-0.2, 0) is 0 Å². The van der Waals surface area contributed by atoms with E-state index in [1.807, 2.05) is 13.1 Å². The average Bonchev–Trinajstić information content (AvgIpc) is 2.05. The Morgan fingerprint density at radius 1 is 1.36 bits per heavy atom. The van der Waals surface area contributed by atoms with Crippen LogP contribution in [0.15, 0.2) is 12.3 Å². The standard InChI is InChI=1S/C10H21N/c1-4-7-8-10(6-3)11-9-5-2/h5,9-11H,4,6-8H2,1-3H3/b9-5+. The molecule has 0 aliphatic rings. The van der Waals surface area contributed by atoms with Crippen molar-refractivity contribution in [2.75, 3.05) is 0 Å². The lowest BCUT2D eigenvalue weighted by Gasteiger charge is -2.13. The second-order valence-corrected chi connectivity index (χ2v) is 2.91. The van der Waals surface area contributed by atoms with Gasteiger partial charge in [-0.15, -0.1) is 0 Å². The SMILES string of the molecule is C/C=C/NC(CC)CCCC. The first-order valence-electron chi connectivity index (χ1n) is 4.72. The second-order valence-electron chi connectivity index (χ2n) is 2.91. The van der Waals surface area contributed by atoms with Gasteiger partial charge in [0.1, 0.15) is 0 Å². The smallest absolute Gasteiger partial charge is 0.0253 e. The van der Waals surface area contributed by atoms with Gasteiger partial charge < -0.3 is 5.32 Å². The van der Waals surface area contributed by atoms with Crippen LogP contribution in [0.25, 0.3) is 0 Å². The maximum Gasteiger partial charge on any atom is 0.0253 e. The molecule has 0 saturated heterocycles. The summed E-state index contributed by atoms with van der Waals surface area (Å²) in [4.78, 5) is 0. The summed E-state index contributed by atoms with van der Waals surface area (Å²) in [5, 5.41) is 3.37. The lowest BCUT2D eigenvalue weighted by molar-refractivity contribution is 0.504. The third-order valence-electron chi connectivity index (χ3n) is 1.90. The highest BCUT2D eigenvalue weighted by Crippen LogP contribution is 2.03. The van der Waals surface area contributed by atoms with Crippen LogP contribution >= 0.6 is 0 Å². The van der Waals surface area contributed by atoms with Crippen LogP contribution in [0.5, 0.6) is 0 Å². The lowest BCUT2D eigenvalue weighted by atomic mass is 10.1. The largest absolute Gasteiger partial charge is 0.388 e. The molecule has 0 amide bonds. The van der Waals surface area contributed by atoms with Gasteiger partial charge in [0.05, 0.1) is 0 Å². The van der Waals surface area contributed by atoms with Gasteiger partial charge in [0.2, 0.25) is 0 Å². The molecule has 11 heavy (non-hydrogen) atoms. The Labute approximate surface area is 70.9 Å². The molecule has 0 bridgehead atoms. The maximum atomic E-state index is 3.37. The Balaban J connectivity index is 3.40. The molecule has 1 heteroatoms. The molecule has 0 fully saturated rings. The molecule has 0 aromatic carbocycles. The van der Waals surface area contributed by atoms with E-state index >= 15 is 0 Å². The molecule has 0 saturated carbocycles. The van der Waals surface area contributed by atoms with Crippen molar-refractivity contribution in [2.24, 2.45) is 0 Å². The summed E-state index contributed by atoms with van der Waals surface area (Å²) in [7, 11) is 0. The van der Waals surface area contributed by atoms with Crippen molar-refractivity contribution in [3.8, 4) is 0 Å². The number of unbranched alkanes of at least 4 members (excludes halogenated alkanes) is 1. The number of hydrogen-bond acceptors (Lipinski definition) is 1. The Morgan fingerprint density at radius 3 is 2.55 bits per heavy atom. The van der Waals surface area contributed by atoms with Gasteiger partial charge in [-0.05, 0) is 26.0 Å². The molecule has 0 radical (unpaired) electrons. The molecule has 1 nitrogen and oxygen atoms in total. The van der Waals surface area contributed by atoms with E-state index in [1.54, 1.807) is 0 Å². The summed E-state index contributed by atoms with van der Waals surface area (Å²) in [5.41, 5.74) is 0. The van der Waals surface area contributed by atoms with Crippen LogP contribution in [0.1, 0.15) is 46.5 Å². The normalized spacial score (nSPS) is 13.7. The Kier molecular flexibility index (Phi) is 7.33. The van der Waals surface area contributed by atoms with E-state index in [2.05, 4.69) is 25.2 Å². The van der Waals surface area contributed by atoms with Crippen molar-refractivity contribution >= 4 is 0 Å². The van der Waals surface area contributed by atoms with E-state index in [1.165, 1.54) is 25.7 Å². The summed E-state index contributed by atoms with van der Waals surface area (Å²) >= 11 is 0. The van der Waals surface area contributed by atoms with Crippen molar-refractivity contribution < 1.29 is 0 Å². The fraction of sp³-hybridized carbons (Fsp3) is 0.800. The van der Waals surface area contributed by atoms with Crippen LogP contribution < -0.4 is 5.32 Å². The van der Waals surface area contributed by atoms with Crippen molar-refractivity contribution in [1.29, 1.82) is 0 Å². The molecular weight excluding hydrogens is 134 g/mol. The quantitative estimate of drug-likeness (QED) is 0.621. The van der Waals surface area contributed by atoms with E-state index in [-0.39, 0.29) is 0 Å². The van der Waals surface area contributed by atoms with E-state index in [0.29, 0.717) is 6.04 Å². The van der Waals surface area contributed by atoms with Crippen LogP contribution in [0.2, 0.25) is 0 Å². The van der Waals surface area contributed by atoms with Crippen LogP contribution in [0.4, 0.5) is 0 Å². The summed E-state index contributed by atoms with van der Waals surface area (Å²) < 4.78 is 0. The van der Waals surface area contributed by atoms with Crippen molar-refractivity contribution in [3.05, 3.63) is 12.3 Å². The molecule has 0 heterocycles. The first-order valence-corrected chi connectivity index (χ1v) is 4.72. The predicted molar refractivity (Wildman–Crippen MR) is 51.6 cm³/mol. The fourth-order valence-electron chi connectivity index (χ4n) is 1.09. The molecule has 1 unspecified atom stereocenters. The van der Waals surface area contributed by atoms with Gasteiger partial charge in [0.25, 0.3) is 0 Å². The van der Waals surface area contributed by atoms with Gasteiger partial charge in [0.15, 0.2) is 0 Å². The summed E-state index contributed by atoms with van der Waals surface area (Å²) in [6.07, 6.45) is 9.26. The molecule has 0 aliphatic heterocycles. The molecular formula is C10H21N. The first-order chi connectivity index (χ1) is 5.35. The highest BCUT2D eigenvalue weighted by Gasteiger charge is 2.00. The summed E-state index contributed by atoms with van der Waals surface area (Å²) in [6.45, 7) is 6.51. The lowest BCUT2D eigenvalue weighted by Crippen LogP contribution is -2.22. The van der Waals surface area contributed by atoms with E-state index in [0.717, 1.165) is 0 Å². The summed E-state index contributed by atoms with van der Waals surface area (Å²) in [5.74, 6) is 0. The molecule has 0 aromatic heterocycles. The van der Waals surface area contributed by atoms with Gasteiger partial charge in [-0.3, -0.25) is 0 Å². The first kappa shape index (κ1) is 10.5. The molecule has 0 rings (SSSR count). The minimum absolute atomic E-state index is 0.686. The molecule has 0 spiro atoms. The van der Waals surface area contributed by atoms with Gasteiger partial charge in [-0.1, -0.05) is 32.8 Å². The van der Waals surface area contributed by atoms with Gasteiger partial charge in [-0.25, -0.2) is 0 Å². The van der Waals surface area contributed by atoms with Crippen LogP contribution in [0.3, 0.4) is 0 Å². The highest BCUT2D eigenvalue weighted by molar-refractivity contribution is 4.78. The molecule has 0 aliphatic carbocycles. The zero-order valence-corrected chi connectivity index (χ0v) is 8.06. The zero-order chi connectivity index (χ0) is 8.53. The molecule has 1 atom stereocenters. The van der Waals surface area contributed by atoms with Crippen molar-refractivity contribution in [3.63, 3.8) is 0 Å². The topological polar surface area (TPSA) is 12.0 Å². The monoisotopic (exact) mass is 155 g/mol. The van der Waals surface area contributed by atoms with Gasteiger partial charge >= 0.3 is 0 Å². The fourth-order valence-corrected chi connectivity index (χ4v) is 1.09. The van der Waals surface area contributed by atoms with Crippen molar-refractivity contribution in [2.45, 2.75) is 52.5 Å². The minimum Gasteiger partial charge on any atom is -0.388 e.